The van der Waals surface area contributed by atoms with E-state index in [1.807, 2.05) is 25.1 Å². The third-order valence-electron chi connectivity index (χ3n) is 2.75. The number of benzene rings is 1. The summed E-state index contributed by atoms with van der Waals surface area (Å²) in [5.41, 5.74) is 2.26. The largest absolute Gasteiger partial charge is 0.466 e. The topological polar surface area (TPSA) is 26.3 Å². The summed E-state index contributed by atoms with van der Waals surface area (Å²) >= 11 is 5.90. The third-order valence-corrected chi connectivity index (χ3v) is 2.99. The molecule has 1 atom stereocenters. The molecule has 1 aliphatic carbocycles. The summed E-state index contributed by atoms with van der Waals surface area (Å²) in [6.07, 6.45) is 1.76. The molecule has 1 aromatic rings. The van der Waals surface area contributed by atoms with E-state index in [0.717, 1.165) is 23.4 Å². The van der Waals surface area contributed by atoms with Gasteiger partial charge in [-0.05, 0) is 43.0 Å². The number of carbonyl (C=O) groups excluding carboxylic acids is 1. The molecule has 0 bridgehead atoms. The van der Waals surface area contributed by atoms with E-state index in [1.165, 1.54) is 5.56 Å². The Bertz CT molecular complexity index is 387. The molecule has 1 unspecified atom stereocenters. The van der Waals surface area contributed by atoms with Crippen LogP contribution in [0.15, 0.2) is 18.2 Å². The quantitative estimate of drug-likeness (QED) is 0.722. The summed E-state index contributed by atoms with van der Waals surface area (Å²) in [7, 11) is 0. The van der Waals surface area contributed by atoms with Crippen LogP contribution >= 0.6 is 11.6 Å². The number of aryl methyl sites for hydroxylation is 1. The zero-order valence-electron chi connectivity index (χ0n) is 8.63. The molecule has 0 fully saturated rings. The fourth-order valence-electron chi connectivity index (χ4n) is 2.07. The third kappa shape index (κ3) is 2.00. The van der Waals surface area contributed by atoms with Gasteiger partial charge in [0.05, 0.1) is 12.5 Å². The molecule has 0 heterocycles. The van der Waals surface area contributed by atoms with Crippen molar-refractivity contribution in [3.8, 4) is 0 Å². The van der Waals surface area contributed by atoms with Gasteiger partial charge in [0.2, 0.25) is 0 Å². The van der Waals surface area contributed by atoms with Crippen molar-refractivity contribution in [3.05, 3.63) is 34.3 Å². The van der Waals surface area contributed by atoms with Crippen molar-refractivity contribution in [2.75, 3.05) is 6.61 Å². The highest BCUT2D eigenvalue weighted by molar-refractivity contribution is 6.30. The molecule has 0 spiro atoms. The van der Waals surface area contributed by atoms with Crippen LogP contribution in [0.25, 0.3) is 0 Å². The minimum absolute atomic E-state index is 0.0859. The average molecular weight is 225 g/mol. The number of esters is 1. The van der Waals surface area contributed by atoms with E-state index < -0.39 is 0 Å². The van der Waals surface area contributed by atoms with E-state index in [1.54, 1.807) is 0 Å². The summed E-state index contributed by atoms with van der Waals surface area (Å²) in [6, 6.07) is 5.71. The lowest BCUT2D eigenvalue weighted by atomic mass is 10.0. The normalized spacial score (nSPS) is 18.7. The zero-order chi connectivity index (χ0) is 10.8. The number of hydrogen-bond acceptors (Lipinski definition) is 2. The van der Waals surface area contributed by atoms with E-state index in [4.69, 9.17) is 16.3 Å². The number of halogens is 1. The van der Waals surface area contributed by atoms with Crippen molar-refractivity contribution in [3.63, 3.8) is 0 Å². The number of ether oxygens (including phenoxy) is 1. The van der Waals surface area contributed by atoms with Crippen molar-refractivity contribution < 1.29 is 9.53 Å². The molecule has 3 heteroatoms. The van der Waals surface area contributed by atoms with E-state index in [2.05, 4.69) is 0 Å². The predicted octanol–water partition coefficient (Wildman–Crippen LogP) is 2.93. The first kappa shape index (κ1) is 10.5. The second-order valence-corrected chi connectivity index (χ2v) is 4.12. The Morgan fingerprint density at radius 1 is 1.60 bits per heavy atom. The second kappa shape index (κ2) is 4.23. The van der Waals surface area contributed by atoms with Crippen molar-refractivity contribution in [1.29, 1.82) is 0 Å². The molecule has 1 aliphatic rings. The van der Waals surface area contributed by atoms with E-state index in [-0.39, 0.29) is 11.9 Å². The van der Waals surface area contributed by atoms with Gasteiger partial charge in [-0.15, -0.1) is 0 Å². The molecular formula is C12H13ClO2. The number of carbonyl (C=O) groups is 1. The fraction of sp³-hybridized carbons (Fsp3) is 0.417. The predicted molar refractivity (Wildman–Crippen MR) is 59.1 cm³/mol. The minimum Gasteiger partial charge on any atom is -0.466 e. The molecule has 0 saturated carbocycles. The van der Waals surface area contributed by atoms with Gasteiger partial charge >= 0.3 is 5.97 Å². The highest BCUT2D eigenvalue weighted by Gasteiger charge is 2.29. The summed E-state index contributed by atoms with van der Waals surface area (Å²) in [5, 5.41) is 0.734. The highest BCUT2D eigenvalue weighted by Crippen LogP contribution is 2.35. The Morgan fingerprint density at radius 3 is 3.13 bits per heavy atom. The van der Waals surface area contributed by atoms with E-state index >= 15 is 0 Å². The van der Waals surface area contributed by atoms with Crippen LogP contribution in [0.3, 0.4) is 0 Å². The van der Waals surface area contributed by atoms with E-state index in [9.17, 15) is 4.79 Å². The number of hydrogen-bond donors (Lipinski definition) is 0. The summed E-state index contributed by atoms with van der Waals surface area (Å²) < 4.78 is 5.04. The van der Waals surface area contributed by atoms with Crippen molar-refractivity contribution >= 4 is 17.6 Å². The molecule has 0 N–H and O–H groups in total. The SMILES string of the molecule is CCOC(=O)C1CCc2cc(Cl)ccc21. The van der Waals surface area contributed by atoms with Gasteiger partial charge in [-0.1, -0.05) is 17.7 Å². The minimum atomic E-state index is -0.112. The standard InChI is InChI=1S/C12H13ClO2/c1-2-15-12(14)11-5-3-8-7-9(13)4-6-10(8)11/h4,6-7,11H,2-3,5H2,1H3. The lowest BCUT2D eigenvalue weighted by Crippen LogP contribution is -2.13. The van der Waals surface area contributed by atoms with Gasteiger partial charge in [0.25, 0.3) is 0 Å². The Labute approximate surface area is 94.2 Å². The van der Waals surface area contributed by atoms with Gasteiger partial charge < -0.3 is 4.74 Å². The summed E-state index contributed by atoms with van der Waals surface area (Å²) in [6.45, 7) is 2.27. The van der Waals surface area contributed by atoms with Crippen LogP contribution in [0, 0.1) is 0 Å². The maximum atomic E-state index is 11.6. The first-order valence-corrected chi connectivity index (χ1v) is 5.55. The van der Waals surface area contributed by atoms with Crippen LogP contribution in [0.5, 0.6) is 0 Å². The lowest BCUT2D eigenvalue weighted by Gasteiger charge is -2.10. The number of rotatable bonds is 2. The molecule has 15 heavy (non-hydrogen) atoms. The molecule has 1 aromatic carbocycles. The lowest BCUT2D eigenvalue weighted by molar-refractivity contribution is -0.144. The molecular weight excluding hydrogens is 212 g/mol. The van der Waals surface area contributed by atoms with Crippen molar-refractivity contribution in [2.24, 2.45) is 0 Å². The monoisotopic (exact) mass is 224 g/mol. The fourth-order valence-corrected chi connectivity index (χ4v) is 2.27. The molecule has 80 valence electrons. The van der Waals surface area contributed by atoms with Crippen LogP contribution in [0.1, 0.15) is 30.4 Å². The van der Waals surface area contributed by atoms with Gasteiger partial charge in [0.15, 0.2) is 0 Å². The first-order chi connectivity index (χ1) is 7.22. The molecule has 2 nitrogen and oxygen atoms in total. The Balaban J connectivity index is 2.25. The number of fused-ring (bicyclic) bond motifs is 1. The Morgan fingerprint density at radius 2 is 2.40 bits per heavy atom. The molecule has 0 amide bonds. The first-order valence-electron chi connectivity index (χ1n) is 5.17. The maximum Gasteiger partial charge on any atom is 0.313 e. The molecule has 0 saturated heterocycles. The van der Waals surface area contributed by atoms with Crippen LogP contribution in [-0.2, 0) is 16.0 Å². The smallest absolute Gasteiger partial charge is 0.313 e. The Kier molecular flexibility index (Phi) is 2.96. The molecule has 2 rings (SSSR count). The van der Waals surface area contributed by atoms with Gasteiger partial charge in [0, 0.05) is 5.02 Å². The van der Waals surface area contributed by atoms with Crippen molar-refractivity contribution in [2.45, 2.75) is 25.7 Å². The molecule has 0 aliphatic heterocycles. The van der Waals surface area contributed by atoms with E-state index in [0.29, 0.717) is 6.61 Å². The van der Waals surface area contributed by atoms with Crippen LogP contribution < -0.4 is 0 Å². The van der Waals surface area contributed by atoms with Gasteiger partial charge in [-0.25, -0.2) is 0 Å². The molecule has 0 aromatic heterocycles. The van der Waals surface area contributed by atoms with Gasteiger partial charge in [-0.2, -0.15) is 0 Å². The van der Waals surface area contributed by atoms with Gasteiger partial charge in [0.1, 0.15) is 0 Å². The molecule has 0 radical (unpaired) electrons. The van der Waals surface area contributed by atoms with Gasteiger partial charge in [-0.3, -0.25) is 4.79 Å². The summed E-state index contributed by atoms with van der Waals surface area (Å²) in [4.78, 5) is 11.6. The highest BCUT2D eigenvalue weighted by atomic mass is 35.5. The van der Waals surface area contributed by atoms with Crippen LogP contribution in [-0.4, -0.2) is 12.6 Å². The second-order valence-electron chi connectivity index (χ2n) is 3.69. The maximum absolute atomic E-state index is 11.6. The van der Waals surface area contributed by atoms with Crippen LogP contribution in [0.4, 0.5) is 0 Å². The summed E-state index contributed by atoms with van der Waals surface area (Å²) in [5.74, 6) is -0.198. The van der Waals surface area contributed by atoms with Crippen molar-refractivity contribution in [1.82, 2.24) is 0 Å². The van der Waals surface area contributed by atoms with Crippen LogP contribution in [0.2, 0.25) is 5.02 Å². The average Bonchev–Trinajstić information content (AvgIpc) is 2.60. The Hall–Kier alpha value is -1.02. The zero-order valence-corrected chi connectivity index (χ0v) is 9.38.